The average Bonchev–Trinajstić information content (AvgIpc) is 3.64. The van der Waals surface area contributed by atoms with Gasteiger partial charge in [0.2, 0.25) is 0 Å². The Balaban J connectivity index is 1.29. The maximum atomic E-state index is 17.2. The number of hydrogen-bond donors (Lipinski definition) is 0. The molecule has 0 radical (unpaired) electrons. The molecule has 0 aliphatic carbocycles. The first-order valence-electron chi connectivity index (χ1n) is 15.6. The monoisotopic (exact) mass is 724 g/mol. The molecule has 11 nitrogen and oxygen atoms in total. The van der Waals surface area contributed by atoms with Gasteiger partial charge in [-0.2, -0.15) is 14.0 Å². The summed E-state index contributed by atoms with van der Waals surface area (Å²) in [4.78, 5) is 4.04. The number of halogens is 3. The fourth-order valence-corrected chi connectivity index (χ4v) is 6.72. The van der Waals surface area contributed by atoms with Crippen LogP contribution in [-0.4, -0.2) is 38.4 Å². The van der Waals surface area contributed by atoms with Crippen LogP contribution in [0.3, 0.4) is 0 Å². The number of nitrogens with zero attached hydrogens (tertiary/aromatic N) is 6. The van der Waals surface area contributed by atoms with Gasteiger partial charge in [-0.05, 0) is 76.7 Å². The number of alkyl halides is 2. The van der Waals surface area contributed by atoms with E-state index in [0.29, 0.717) is 29.0 Å². The molecule has 3 heterocycles. The van der Waals surface area contributed by atoms with Gasteiger partial charge >= 0.3 is 13.7 Å². The molecule has 0 saturated heterocycles. The molecule has 1 aliphatic heterocycles. The van der Waals surface area contributed by atoms with E-state index >= 15 is 8.78 Å². The van der Waals surface area contributed by atoms with E-state index < -0.39 is 37.4 Å². The van der Waals surface area contributed by atoms with Crippen LogP contribution in [0.5, 0.6) is 5.75 Å². The maximum Gasteiger partial charge on any atom is 0.476 e. The molecule has 1 unspecified atom stereocenters. The smallest absolute Gasteiger partial charge is 0.476 e. The quantitative estimate of drug-likeness (QED) is 0.0694. The second-order valence-electron chi connectivity index (χ2n) is 11.3. The van der Waals surface area contributed by atoms with Crippen LogP contribution in [0, 0.1) is 29.0 Å². The summed E-state index contributed by atoms with van der Waals surface area (Å²) >= 11 is 0. The highest BCUT2D eigenvalue weighted by molar-refractivity contribution is 7.48. The normalized spacial score (nSPS) is 15.0. The Labute approximate surface area is 296 Å². The van der Waals surface area contributed by atoms with Crippen molar-refractivity contribution in [2.45, 2.75) is 24.7 Å². The van der Waals surface area contributed by atoms with Gasteiger partial charge in [-0.3, -0.25) is 18.6 Å². The van der Waals surface area contributed by atoms with Crippen molar-refractivity contribution in [2.24, 2.45) is 0 Å². The van der Waals surface area contributed by atoms with Crippen LogP contribution in [0.25, 0.3) is 11.4 Å². The van der Waals surface area contributed by atoms with Crippen LogP contribution in [0.4, 0.5) is 13.2 Å². The number of rotatable bonds is 13. The van der Waals surface area contributed by atoms with Crippen LogP contribution in [0.15, 0.2) is 110 Å². The average molecular weight is 725 g/mol. The zero-order chi connectivity index (χ0) is 36.8. The van der Waals surface area contributed by atoms with Crippen molar-refractivity contribution in [3.05, 3.63) is 150 Å². The molecule has 0 spiro atoms. The summed E-state index contributed by atoms with van der Waals surface area (Å²) in [6.45, 7) is 5.80. The van der Waals surface area contributed by atoms with Crippen LogP contribution in [-0.2, 0) is 42.8 Å². The minimum atomic E-state index is -4.81. The van der Waals surface area contributed by atoms with Crippen molar-refractivity contribution in [3.63, 3.8) is 0 Å². The first kappa shape index (κ1) is 35.9. The van der Waals surface area contributed by atoms with Gasteiger partial charge in [0.1, 0.15) is 23.9 Å². The molecule has 6 rings (SSSR count). The van der Waals surface area contributed by atoms with Crippen LogP contribution < -0.4 is 4.74 Å². The molecule has 0 bridgehead atoms. The van der Waals surface area contributed by atoms with E-state index in [4.69, 9.17) is 23.6 Å². The number of fused-ring (bicyclic) bond motifs is 3. The SMILES string of the molecule is C=CCOP(=O)(OCC=C)OC1(C(F)(F)c2ccc(C#Cc3ccc(OCc4ccc(C#N)cc4)cc3)cn2)Cn2nnnc2-c2cc(F)ccc21. The summed E-state index contributed by atoms with van der Waals surface area (Å²) in [7, 11) is -4.81. The van der Waals surface area contributed by atoms with Gasteiger partial charge in [-0.15, -0.1) is 18.3 Å². The third-order valence-corrected chi connectivity index (χ3v) is 9.28. The molecule has 0 amide bonds. The summed E-state index contributed by atoms with van der Waals surface area (Å²) < 4.78 is 86.1. The molecule has 52 heavy (non-hydrogen) atoms. The molecule has 262 valence electrons. The first-order valence-corrected chi connectivity index (χ1v) is 17.0. The number of ether oxygens (including phenoxy) is 1. The molecule has 5 aromatic rings. The second-order valence-corrected chi connectivity index (χ2v) is 12.9. The number of pyridine rings is 1. The van der Waals surface area contributed by atoms with E-state index in [2.05, 4.69) is 51.6 Å². The summed E-state index contributed by atoms with van der Waals surface area (Å²) in [5.41, 5.74) is -1.66. The van der Waals surface area contributed by atoms with Gasteiger partial charge in [0.25, 0.3) is 0 Å². The van der Waals surface area contributed by atoms with Gasteiger partial charge in [-0.25, -0.2) is 13.6 Å². The van der Waals surface area contributed by atoms with E-state index in [-0.39, 0.29) is 30.2 Å². The highest BCUT2D eigenvalue weighted by Gasteiger charge is 2.64. The molecule has 1 atom stereocenters. The molecule has 1 aliphatic rings. The molecule has 0 fully saturated rings. The van der Waals surface area contributed by atoms with E-state index in [1.165, 1.54) is 18.2 Å². The number of aromatic nitrogens is 5. The zero-order valence-corrected chi connectivity index (χ0v) is 28.2. The number of hydrogen-bond acceptors (Lipinski definition) is 10. The largest absolute Gasteiger partial charge is 0.489 e. The van der Waals surface area contributed by atoms with E-state index in [1.54, 1.807) is 36.4 Å². The molecule has 0 N–H and O–H groups in total. The van der Waals surface area contributed by atoms with Gasteiger partial charge in [0.15, 0.2) is 11.4 Å². The van der Waals surface area contributed by atoms with Gasteiger partial charge in [-0.1, -0.05) is 42.2 Å². The lowest BCUT2D eigenvalue weighted by molar-refractivity contribution is -0.201. The van der Waals surface area contributed by atoms with Gasteiger partial charge in [0.05, 0.1) is 31.4 Å². The summed E-state index contributed by atoms with van der Waals surface area (Å²) in [5.74, 6) is 1.61. The predicted octanol–water partition coefficient (Wildman–Crippen LogP) is 7.26. The molecular formula is C37H28F3N6O5P. The Bertz CT molecular complexity index is 2230. The van der Waals surface area contributed by atoms with Gasteiger partial charge in [0, 0.05) is 28.5 Å². The van der Waals surface area contributed by atoms with Crippen molar-refractivity contribution in [3.8, 4) is 35.0 Å². The van der Waals surface area contributed by atoms with Crippen molar-refractivity contribution < 1.29 is 36.0 Å². The predicted molar refractivity (Wildman–Crippen MR) is 182 cm³/mol. The van der Waals surface area contributed by atoms with Crippen molar-refractivity contribution in [1.82, 2.24) is 25.2 Å². The molecule has 2 aromatic heterocycles. The van der Waals surface area contributed by atoms with Crippen LogP contribution >= 0.6 is 7.82 Å². The molecule has 15 heteroatoms. The third-order valence-electron chi connectivity index (χ3n) is 7.82. The lowest BCUT2D eigenvalue weighted by Gasteiger charge is -2.43. The van der Waals surface area contributed by atoms with Gasteiger partial charge < -0.3 is 4.74 Å². The maximum absolute atomic E-state index is 17.2. The first-order chi connectivity index (χ1) is 25.1. The lowest BCUT2D eigenvalue weighted by atomic mass is 9.80. The van der Waals surface area contributed by atoms with E-state index in [1.807, 2.05) is 12.1 Å². The standard InChI is InChI=1S/C37H28F3N6O5P/c1-3-19-49-52(47,50-20-4-2)51-36(25-46-35(43-44-45-46)32-21-30(38)14-17-33(32)36)37(39,40)34-18-13-28(23-42-34)8-5-26-11-15-31(16-12-26)48-24-29-9-6-27(22-41)7-10-29/h3-4,6-7,9-18,21,23H,1-2,19-20,24-25H2. The number of benzene rings is 3. The van der Waals surface area contributed by atoms with Crippen LogP contribution in [0.1, 0.15) is 33.5 Å². The Morgan fingerprint density at radius 2 is 1.62 bits per heavy atom. The topological polar surface area (TPSA) is 134 Å². The number of phosphoric ester groups is 1. The zero-order valence-electron chi connectivity index (χ0n) is 27.3. The summed E-state index contributed by atoms with van der Waals surface area (Å²) in [5, 5.41) is 20.2. The Kier molecular flexibility index (Phi) is 10.5. The second kappa shape index (κ2) is 15.2. The number of nitriles is 1. The van der Waals surface area contributed by atoms with E-state index in [9.17, 15) is 8.96 Å². The van der Waals surface area contributed by atoms with Crippen molar-refractivity contribution in [1.29, 1.82) is 5.26 Å². The van der Waals surface area contributed by atoms with Crippen molar-refractivity contribution >= 4 is 7.82 Å². The molecule has 0 saturated carbocycles. The third kappa shape index (κ3) is 7.42. The Morgan fingerprint density at radius 1 is 0.942 bits per heavy atom. The molecular weight excluding hydrogens is 696 g/mol. The fraction of sp³-hybridized carbons (Fsp3) is 0.162. The Morgan fingerprint density at radius 3 is 2.27 bits per heavy atom. The summed E-state index contributed by atoms with van der Waals surface area (Å²) in [6, 6.07) is 21.6. The van der Waals surface area contributed by atoms with Crippen LogP contribution in [0.2, 0.25) is 0 Å². The number of tetrazole rings is 1. The highest BCUT2D eigenvalue weighted by Crippen LogP contribution is 2.63. The summed E-state index contributed by atoms with van der Waals surface area (Å²) in [6.07, 6.45) is 3.65. The van der Waals surface area contributed by atoms with E-state index in [0.717, 1.165) is 40.7 Å². The fourth-order valence-electron chi connectivity index (χ4n) is 5.31. The highest BCUT2D eigenvalue weighted by atomic mass is 31.2. The minimum Gasteiger partial charge on any atom is -0.489 e. The number of phosphoric acid groups is 1. The minimum absolute atomic E-state index is 0.0112. The Hall–Kier alpha value is -5.89. The van der Waals surface area contributed by atoms with Crippen molar-refractivity contribution in [2.75, 3.05) is 13.2 Å². The molecule has 3 aromatic carbocycles. The lowest BCUT2D eigenvalue weighted by Crippen LogP contribution is -2.51.